The quantitative estimate of drug-likeness (QED) is 0.463. The maximum atomic E-state index is 5.27. The molecule has 0 bridgehead atoms. The van der Waals surface area contributed by atoms with Gasteiger partial charge in [-0.3, -0.25) is 4.99 Å². The number of guanidine groups is 1. The molecule has 0 spiro atoms. The van der Waals surface area contributed by atoms with Gasteiger partial charge in [0, 0.05) is 26.1 Å². The number of furan rings is 1. The Hall–Kier alpha value is -0.720. The largest absolute Gasteiger partial charge is 0.469 e. The number of nitrogens with one attached hydrogen (secondary N) is 2. The third-order valence-electron chi connectivity index (χ3n) is 2.20. The van der Waals surface area contributed by atoms with Crippen LogP contribution in [0.1, 0.15) is 26.5 Å². The molecule has 0 atom stereocenters. The average molecular weight is 365 g/mol. The maximum absolute atomic E-state index is 5.27. The molecule has 0 aliphatic rings. The zero-order valence-electron chi connectivity index (χ0n) is 11.4. The molecule has 104 valence electrons. The van der Waals surface area contributed by atoms with Crippen LogP contribution in [0.2, 0.25) is 0 Å². The van der Waals surface area contributed by atoms with E-state index in [4.69, 9.17) is 4.42 Å². The van der Waals surface area contributed by atoms with E-state index in [2.05, 4.69) is 36.4 Å². The van der Waals surface area contributed by atoms with Gasteiger partial charge < -0.3 is 15.1 Å². The van der Waals surface area contributed by atoms with Gasteiger partial charge >= 0.3 is 0 Å². The van der Waals surface area contributed by atoms with Crippen LogP contribution in [0.4, 0.5) is 0 Å². The summed E-state index contributed by atoms with van der Waals surface area (Å²) in [5.41, 5.74) is 0. The van der Waals surface area contributed by atoms with Crippen molar-refractivity contribution in [3.63, 3.8) is 0 Å². The van der Waals surface area contributed by atoms with Gasteiger partial charge in [0.25, 0.3) is 0 Å². The van der Waals surface area contributed by atoms with Crippen LogP contribution < -0.4 is 10.6 Å². The molecule has 18 heavy (non-hydrogen) atoms. The standard InChI is InChI=1S/C13H23N3O.HI/c1-4-14-13(16-10-11(2)3)15-8-7-12-6-5-9-17-12;/h5-6,9,11H,4,7-8,10H2,1-3H3,(H2,14,15,16);1H. The minimum atomic E-state index is 0. The molecular formula is C13H24IN3O. The van der Waals surface area contributed by atoms with E-state index in [0.717, 1.165) is 37.8 Å². The van der Waals surface area contributed by atoms with Gasteiger partial charge in [-0.1, -0.05) is 13.8 Å². The zero-order chi connectivity index (χ0) is 12.5. The van der Waals surface area contributed by atoms with Crippen molar-refractivity contribution in [1.82, 2.24) is 10.6 Å². The van der Waals surface area contributed by atoms with Crippen LogP contribution in [0.15, 0.2) is 27.8 Å². The summed E-state index contributed by atoms with van der Waals surface area (Å²) < 4.78 is 5.27. The van der Waals surface area contributed by atoms with E-state index in [1.165, 1.54) is 0 Å². The molecule has 0 aliphatic heterocycles. The molecule has 1 rings (SSSR count). The molecule has 1 heterocycles. The first-order valence-electron chi connectivity index (χ1n) is 6.27. The lowest BCUT2D eigenvalue weighted by molar-refractivity contribution is 0.506. The van der Waals surface area contributed by atoms with Crippen LogP contribution in [0.5, 0.6) is 0 Å². The number of aliphatic imine (C=N–C) groups is 1. The summed E-state index contributed by atoms with van der Waals surface area (Å²) in [6.07, 6.45) is 2.58. The van der Waals surface area contributed by atoms with E-state index in [0.29, 0.717) is 5.92 Å². The highest BCUT2D eigenvalue weighted by Crippen LogP contribution is 1.99. The summed E-state index contributed by atoms with van der Waals surface area (Å²) in [6.45, 7) is 8.95. The third kappa shape index (κ3) is 7.58. The average Bonchev–Trinajstić information content (AvgIpc) is 2.78. The Kier molecular flexibility index (Phi) is 9.82. The first kappa shape index (κ1) is 17.3. The fraction of sp³-hybridized carbons (Fsp3) is 0.615. The van der Waals surface area contributed by atoms with E-state index in [1.807, 2.05) is 12.1 Å². The van der Waals surface area contributed by atoms with Crippen molar-refractivity contribution >= 4 is 29.9 Å². The van der Waals surface area contributed by atoms with Gasteiger partial charge in [0.15, 0.2) is 5.96 Å². The van der Waals surface area contributed by atoms with Crippen LogP contribution >= 0.6 is 24.0 Å². The van der Waals surface area contributed by atoms with Crippen LogP contribution in [-0.2, 0) is 6.42 Å². The summed E-state index contributed by atoms with van der Waals surface area (Å²) in [5, 5.41) is 6.52. The summed E-state index contributed by atoms with van der Waals surface area (Å²) in [7, 11) is 0. The number of nitrogens with zero attached hydrogens (tertiary/aromatic N) is 1. The SMILES string of the molecule is CCNC(=NCC(C)C)NCCc1ccco1.I. The molecule has 2 N–H and O–H groups in total. The van der Waals surface area contributed by atoms with E-state index in [-0.39, 0.29) is 24.0 Å². The molecule has 4 nitrogen and oxygen atoms in total. The van der Waals surface area contributed by atoms with E-state index >= 15 is 0 Å². The van der Waals surface area contributed by atoms with Gasteiger partial charge in [-0.05, 0) is 25.0 Å². The van der Waals surface area contributed by atoms with Crippen molar-refractivity contribution in [2.45, 2.75) is 27.2 Å². The number of hydrogen-bond acceptors (Lipinski definition) is 2. The monoisotopic (exact) mass is 365 g/mol. The minimum Gasteiger partial charge on any atom is -0.469 e. The number of hydrogen-bond donors (Lipinski definition) is 2. The summed E-state index contributed by atoms with van der Waals surface area (Å²) in [4.78, 5) is 4.50. The van der Waals surface area contributed by atoms with Crippen LogP contribution in [-0.4, -0.2) is 25.6 Å². The second kappa shape index (κ2) is 10.2. The summed E-state index contributed by atoms with van der Waals surface area (Å²) >= 11 is 0. The molecule has 1 aromatic rings. The van der Waals surface area contributed by atoms with Crippen molar-refractivity contribution in [3.8, 4) is 0 Å². The number of rotatable bonds is 6. The lowest BCUT2D eigenvalue weighted by Crippen LogP contribution is -2.38. The second-order valence-corrected chi connectivity index (χ2v) is 4.37. The Morgan fingerprint density at radius 1 is 1.39 bits per heavy atom. The predicted octanol–water partition coefficient (Wildman–Crippen LogP) is 2.65. The predicted molar refractivity (Wildman–Crippen MR) is 86.6 cm³/mol. The van der Waals surface area contributed by atoms with Crippen molar-refractivity contribution in [2.24, 2.45) is 10.9 Å². The molecule has 0 radical (unpaired) electrons. The third-order valence-corrected chi connectivity index (χ3v) is 2.20. The summed E-state index contributed by atoms with van der Waals surface area (Å²) in [6, 6.07) is 3.90. The van der Waals surface area contributed by atoms with Gasteiger partial charge in [0.2, 0.25) is 0 Å². The summed E-state index contributed by atoms with van der Waals surface area (Å²) in [5.74, 6) is 2.46. The maximum Gasteiger partial charge on any atom is 0.191 e. The lowest BCUT2D eigenvalue weighted by atomic mass is 10.2. The molecule has 0 fully saturated rings. The Balaban J connectivity index is 0.00000289. The topological polar surface area (TPSA) is 49.6 Å². The second-order valence-electron chi connectivity index (χ2n) is 4.37. The molecule has 0 aliphatic carbocycles. The van der Waals surface area contributed by atoms with E-state index in [9.17, 15) is 0 Å². The van der Waals surface area contributed by atoms with Gasteiger partial charge in [0.05, 0.1) is 6.26 Å². The van der Waals surface area contributed by atoms with Crippen LogP contribution in [0.3, 0.4) is 0 Å². The molecule has 1 aromatic heterocycles. The van der Waals surface area contributed by atoms with E-state index in [1.54, 1.807) is 6.26 Å². The van der Waals surface area contributed by atoms with Crippen molar-refractivity contribution < 1.29 is 4.42 Å². The van der Waals surface area contributed by atoms with Gasteiger partial charge in [-0.25, -0.2) is 0 Å². The fourth-order valence-electron chi connectivity index (χ4n) is 1.37. The highest BCUT2D eigenvalue weighted by molar-refractivity contribution is 14.0. The van der Waals surface area contributed by atoms with Crippen LogP contribution in [0, 0.1) is 5.92 Å². The molecule has 0 amide bonds. The fourth-order valence-corrected chi connectivity index (χ4v) is 1.37. The smallest absolute Gasteiger partial charge is 0.191 e. The van der Waals surface area contributed by atoms with Gasteiger partial charge in [-0.15, -0.1) is 24.0 Å². The van der Waals surface area contributed by atoms with Crippen molar-refractivity contribution in [2.75, 3.05) is 19.6 Å². The van der Waals surface area contributed by atoms with Crippen molar-refractivity contribution in [1.29, 1.82) is 0 Å². The normalized spacial score (nSPS) is 11.2. The number of halogens is 1. The molecule has 0 saturated heterocycles. The van der Waals surface area contributed by atoms with Gasteiger partial charge in [0.1, 0.15) is 5.76 Å². The Labute approximate surface area is 127 Å². The van der Waals surface area contributed by atoms with Crippen molar-refractivity contribution in [3.05, 3.63) is 24.2 Å². The highest BCUT2D eigenvalue weighted by atomic mass is 127. The Morgan fingerprint density at radius 2 is 2.17 bits per heavy atom. The minimum absolute atomic E-state index is 0. The molecule has 0 saturated carbocycles. The molecule has 0 aromatic carbocycles. The Morgan fingerprint density at radius 3 is 2.72 bits per heavy atom. The first-order valence-corrected chi connectivity index (χ1v) is 6.27. The van der Waals surface area contributed by atoms with E-state index < -0.39 is 0 Å². The van der Waals surface area contributed by atoms with Crippen LogP contribution in [0.25, 0.3) is 0 Å². The molecule has 5 heteroatoms. The Bertz CT molecular complexity index is 323. The highest BCUT2D eigenvalue weighted by Gasteiger charge is 1.99. The zero-order valence-corrected chi connectivity index (χ0v) is 13.7. The molecule has 0 unspecified atom stereocenters. The van der Waals surface area contributed by atoms with Gasteiger partial charge in [-0.2, -0.15) is 0 Å². The molecular weight excluding hydrogens is 341 g/mol. The first-order chi connectivity index (χ1) is 8.22. The lowest BCUT2D eigenvalue weighted by Gasteiger charge is -2.11.